The fraction of sp³-hybridized carbons (Fsp3) is 0.500. The lowest BCUT2D eigenvalue weighted by atomic mass is 9.79. The van der Waals surface area contributed by atoms with Crippen molar-refractivity contribution in [3.8, 4) is 0 Å². The Kier molecular flexibility index (Phi) is 4.00. The summed E-state index contributed by atoms with van der Waals surface area (Å²) in [5, 5.41) is 1.97. The highest BCUT2D eigenvalue weighted by Crippen LogP contribution is 2.40. The number of aromatic nitrogens is 2. The van der Waals surface area contributed by atoms with Crippen LogP contribution in [0, 0.1) is 12.3 Å². The van der Waals surface area contributed by atoms with E-state index in [1.807, 2.05) is 36.8 Å². The first kappa shape index (κ1) is 15.6. The molecule has 1 spiro atoms. The van der Waals surface area contributed by atoms with Crippen LogP contribution in [0.5, 0.6) is 0 Å². The number of aryl methyl sites for hydroxylation is 1. The third-order valence-electron chi connectivity index (χ3n) is 5.17. The topological polar surface area (TPSA) is 49.3 Å². The molecule has 126 valence electrons. The number of carbonyl (C=O) groups is 1. The van der Waals surface area contributed by atoms with Crippen LogP contribution in [-0.2, 0) is 0 Å². The van der Waals surface area contributed by atoms with Crippen molar-refractivity contribution in [1.29, 1.82) is 0 Å². The molecule has 24 heavy (non-hydrogen) atoms. The predicted molar refractivity (Wildman–Crippen MR) is 95.5 cm³/mol. The fourth-order valence-corrected chi connectivity index (χ4v) is 4.62. The number of likely N-dealkylation sites (tertiary alicyclic amines) is 1. The third kappa shape index (κ3) is 2.90. The Labute approximate surface area is 146 Å². The van der Waals surface area contributed by atoms with E-state index >= 15 is 0 Å². The molecule has 2 aromatic rings. The van der Waals surface area contributed by atoms with E-state index in [2.05, 4.69) is 19.8 Å². The monoisotopic (exact) mass is 342 g/mol. The van der Waals surface area contributed by atoms with Crippen LogP contribution in [0.4, 0.5) is 5.95 Å². The van der Waals surface area contributed by atoms with Crippen LogP contribution in [0.25, 0.3) is 0 Å². The van der Waals surface area contributed by atoms with Crippen LogP contribution in [0.15, 0.2) is 29.9 Å². The molecule has 6 heteroatoms. The van der Waals surface area contributed by atoms with Gasteiger partial charge in [0.05, 0.1) is 4.88 Å². The quantitative estimate of drug-likeness (QED) is 0.842. The first-order chi connectivity index (χ1) is 11.7. The average Bonchev–Trinajstić information content (AvgIpc) is 3.26. The second kappa shape index (κ2) is 6.16. The number of anilines is 1. The van der Waals surface area contributed by atoms with Crippen LogP contribution in [0.2, 0.25) is 0 Å². The van der Waals surface area contributed by atoms with Gasteiger partial charge in [-0.05, 0) is 43.2 Å². The summed E-state index contributed by atoms with van der Waals surface area (Å²) in [5.41, 5.74) is 1.28. The maximum atomic E-state index is 12.7. The Balaban J connectivity index is 1.47. The minimum absolute atomic E-state index is 0.189. The van der Waals surface area contributed by atoms with E-state index in [1.54, 1.807) is 0 Å². The van der Waals surface area contributed by atoms with Crippen molar-refractivity contribution in [3.05, 3.63) is 40.3 Å². The molecule has 0 aromatic carbocycles. The summed E-state index contributed by atoms with van der Waals surface area (Å²) >= 11 is 1.53. The Hall–Kier alpha value is -1.95. The number of hydrogen-bond acceptors (Lipinski definition) is 5. The van der Waals surface area contributed by atoms with Gasteiger partial charge in [-0.3, -0.25) is 4.79 Å². The zero-order chi connectivity index (χ0) is 16.6. The second-order valence-corrected chi connectivity index (χ2v) is 7.99. The smallest absolute Gasteiger partial charge is 0.263 e. The normalized spacial score (nSPS) is 23.9. The molecule has 0 unspecified atom stereocenters. The molecule has 5 nitrogen and oxygen atoms in total. The number of carbonyl (C=O) groups excluding carboxylic acids is 1. The summed E-state index contributed by atoms with van der Waals surface area (Å²) < 4.78 is 0. The second-order valence-electron chi connectivity index (χ2n) is 7.04. The maximum Gasteiger partial charge on any atom is 0.263 e. The zero-order valence-corrected chi connectivity index (χ0v) is 14.8. The molecule has 2 fully saturated rings. The Bertz CT molecular complexity index is 715. The van der Waals surface area contributed by atoms with Crippen molar-refractivity contribution >= 4 is 23.2 Å². The molecule has 1 atom stereocenters. The van der Waals surface area contributed by atoms with Gasteiger partial charge >= 0.3 is 0 Å². The highest BCUT2D eigenvalue weighted by molar-refractivity contribution is 7.12. The molecular weight excluding hydrogens is 320 g/mol. The van der Waals surface area contributed by atoms with Gasteiger partial charge in [-0.15, -0.1) is 11.3 Å². The van der Waals surface area contributed by atoms with Crippen molar-refractivity contribution in [2.45, 2.75) is 26.2 Å². The zero-order valence-electron chi connectivity index (χ0n) is 13.9. The number of thiophene rings is 1. The Morgan fingerprint density at radius 1 is 1.21 bits per heavy atom. The van der Waals surface area contributed by atoms with Gasteiger partial charge in [0.25, 0.3) is 5.91 Å². The first-order valence-electron chi connectivity index (χ1n) is 8.52. The van der Waals surface area contributed by atoms with E-state index in [0.29, 0.717) is 0 Å². The molecule has 2 saturated heterocycles. The SMILES string of the molecule is Cc1cnc(N2CC[C@@]3(CCCN(C(=O)c4cccs4)C3)C2)nc1. The summed E-state index contributed by atoms with van der Waals surface area (Å²) in [6.07, 6.45) is 7.13. The fourth-order valence-electron chi connectivity index (χ4n) is 3.93. The lowest BCUT2D eigenvalue weighted by Gasteiger charge is -2.40. The standard InChI is InChI=1S/C18H22N4OS/c1-14-10-19-17(20-11-14)22-8-6-18(13-22)5-3-7-21(12-18)16(23)15-4-2-9-24-15/h2,4,9-11H,3,5-8,12-13H2,1H3/t18-/m1/s1. The van der Waals surface area contributed by atoms with Crippen LogP contribution in [-0.4, -0.2) is 47.0 Å². The summed E-state index contributed by atoms with van der Waals surface area (Å²) in [6, 6.07) is 3.87. The van der Waals surface area contributed by atoms with Gasteiger partial charge in [-0.1, -0.05) is 6.07 Å². The molecule has 2 aliphatic heterocycles. The molecule has 2 aliphatic rings. The maximum absolute atomic E-state index is 12.7. The van der Waals surface area contributed by atoms with E-state index in [9.17, 15) is 4.79 Å². The largest absolute Gasteiger partial charge is 0.340 e. The Morgan fingerprint density at radius 3 is 2.79 bits per heavy atom. The number of rotatable bonds is 2. The van der Waals surface area contributed by atoms with Crippen LogP contribution < -0.4 is 4.90 Å². The lowest BCUT2D eigenvalue weighted by Crippen LogP contribution is -2.47. The predicted octanol–water partition coefficient (Wildman–Crippen LogP) is 2.98. The molecule has 2 aromatic heterocycles. The van der Waals surface area contributed by atoms with Crippen molar-refractivity contribution < 1.29 is 4.79 Å². The van der Waals surface area contributed by atoms with Crippen molar-refractivity contribution in [2.24, 2.45) is 5.41 Å². The van der Waals surface area contributed by atoms with Gasteiger partial charge in [0, 0.05) is 44.0 Å². The number of hydrogen-bond donors (Lipinski definition) is 0. The average molecular weight is 342 g/mol. The first-order valence-corrected chi connectivity index (χ1v) is 9.40. The molecule has 4 heterocycles. The van der Waals surface area contributed by atoms with Gasteiger partial charge in [0.2, 0.25) is 5.95 Å². The van der Waals surface area contributed by atoms with Gasteiger partial charge in [-0.25, -0.2) is 9.97 Å². The summed E-state index contributed by atoms with van der Waals surface area (Å²) in [6.45, 7) is 5.66. The number of piperidine rings is 1. The van der Waals surface area contributed by atoms with E-state index in [4.69, 9.17) is 0 Å². The van der Waals surface area contributed by atoms with Crippen LogP contribution >= 0.6 is 11.3 Å². The van der Waals surface area contributed by atoms with Crippen LogP contribution in [0.3, 0.4) is 0 Å². The highest BCUT2D eigenvalue weighted by Gasteiger charge is 2.43. The van der Waals surface area contributed by atoms with Gasteiger partial charge in [0.15, 0.2) is 0 Å². The lowest BCUT2D eigenvalue weighted by molar-refractivity contribution is 0.0561. The van der Waals surface area contributed by atoms with Gasteiger partial charge < -0.3 is 9.80 Å². The Morgan fingerprint density at radius 2 is 2.04 bits per heavy atom. The van der Waals surface area contributed by atoms with E-state index in [0.717, 1.165) is 55.4 Å². The molecular formula is C18H22N4OS. The van der Waals surface area contributed by atoms with Crippen molar-refractivity contribution in [1.82, 2.24) is 14.9 Å². The van der Waals surface area contributed by atoms with E-state index in [-0.39, 0.29) is 11.3 Å². The third-order valence-corrected chi connectivity index (χ3v) is 6.03. The van der Waals surface area contributed by atoms with Crippen molar-refractivity contribution in [2.75, 3.05) is 31.1 Å². The molecule has 4 rings (SSSR count). The molecule has 0 radical (unpaired) electrons. The minimum Gasteiger partial charge on any atom is -0.340 e. The highest BCUT2D eigenvalue weighted by atomic mass is 32.1. The summed E-state index contributed by atoms with van der Waals surface area (Å²) in [4.78, 5) is 26.8. The minimum atomic E-state index is 0.189. The summed E-state index contributed by atoms with van der Waals surface area (Å²) in [5.74, 6) is 1.01. The molecule has 0 aliphatic carbocycles. The van der Waals surface area contributed by atoms with Crippen molar-refractivity contribution in [3.63, 3.8) is 0 Å². The summed E-state index contributed by atoms with van der Waals surface area (Å²) in [7, 11) is 0. The van der Waals surface area contributed by atoms with E-state index in [1.165, 1.54) is 17.8 Å². The molecule has 1 amide bonds. The number of amides is 1. The molecule has 0 saturated carbocycles. The molecule has 0 N–H and O–H groups in total. The molecule has 0 bridgehead atoms. The van der Waals surface area contributed by atoms with Crippen LogP contribution in [0.1, 0.15) is 34.5 Å². The van der Waals surface area contributed by atoms with Gasteiger partial charge in [-0.2, -0.15) is 0 Å². The number of nitrogens with zero attached hydrogens (tertiary/aromatic N) is 4. The van der Waals surface area contributed by atoms with Gasteiger partial charge in [0.1, 0.15) is 0 Å². The van der Waals surface area contributed by atoms with E-state index < -0.39 is 0 Å².